The first-order chi connectivity index (χ1) is 13.0. The fourth-order valence-corrected chi connectivity index (χ4v) is 3.26. The molecule has 1 atom stereocenters. The smallest absolute Gasteiger partial charge is 0.220 e. The third kappa shape index (κ3) is 4.25. The molecule has 3 aromatic rings. The molecule has 27 heavy (non-hydrogen) atoms. The molecule has 0 aliphatic rings. The lowest BCUT2D eigenvalue weighted by Crippen LogP contribution is -2.26. The van der Waals surface area contributed by atoms with Crippen LogP contribution in [0.1, 0.15) is 30.5 Å². The molecule has 0 aliphatic carbocycles. The SMILES string of the molecule is COc1ccc([C@H](C)NC(=O)CCc2ccc3c(ccn3C)c2)cc1OC. The number of benzene rings is 2. The van der Waals surface area contributed by atoms with Crippen molar-refractivity contribution >= 4 is 16.8 Å². The number of methoxy groups -OCH3 is 2. The van der Waals surface area contributed by atoms with E-state index in [1.807, 2.05) is 38.4 Å². The van der Waals surface area contributed by atoms with E-state index in [1.54, 1.807) is 14.2 Å². The zero-order chi connectivity index (χ0) is 19.4. The first kappa shape index (κ1) is 18.8. The van der Waals surface area contributed by atoms with Crippen molar-refractivity contribution in [1.82, 2.24) is 9.88 Å². The third-order valence-electron chi connectivity index (χ3n) is 4.88. The molecule has 0 unspecified atom stereocenters. The summed E-state index contributed by atoms with van der Waals surface area (Å²) in [5.74, 6) is 1.37. The van der Waals surface area contributed by atoms with Gasteiger partial charge in [-0.1, -0.05) is 12.1 Å². The Hall–Kier alpha value is -2.95. The van der Waals surface area contributed by atoms with Gasteiger partial charge in [0.05, 0.1) is 20.3 Å². The molecule has 0 saturated carbocycles. The van der Waals surface area contributed by atoms with Gasteiger partial charge < -0.3 is 19.4 Å². The number of carbonyl (C=O) groups is 1. The number of rotatable bonds is 7. The summed E-state index contributed by atoms with van der Waals surface area (Å²) >= 11 is 0. The van der Waals surface area contributed by atoms with Crippen molar-refractivity contribution in [3.8, 4) is 11.5 Å². The van der Waals surface area contributed by atoms with E-state index in [0.717, 1.165) is 12.0 Å². The number of aryl methyl sites for hydroxylation is 2. The van der Waals surface area contributed by atoms with Gasteiger partial charge in [-0.3, -0.25) is 4.79 Å². The number of fused-ring (bicyclic) bond motifs is 1. The molecule has 1 amide bonds. The highest BCUT2D eigenvalue weighted by Crippen LogP contribution is 2.29. The summed E-state index contributed by atoms with van der Waals surface area (Å²) in [6, 6.07) is 14.0. The van der Waals surface area contributed by atoms with Gasteiger partial charge in [-0.05, 0) is 60.2 Å². The van der Waals surface area contributed by atoms with Gasteiger partial charge >= 0.3 is 0 Å². The van der Waals surface area contributed by atoms with E-state index in [0.29, 0.717) is 17.9 Å². The Morgan fingerprint density at radius 2 is 1.85 bits per heavy atom. The van der Waals surface area contributed by atoms with Crippen LogP contribution < -0.4 is 14.8 Å². The summed E-state index contributed by atoms with van der Waals surface area (Å²) in [6.07, 6.45) is 3.22. The summed E-state index contributed by atoms with van der Waals surface area (Å²) in [7, 11) is 5.25. The van der Waals surface area contributed by atoms with Crippen molar-refractivity contribution < 1.29 is 14.3 Å². The average molecular weight is 366 g/mol. The maximum absolute atomic E-state index is 12.4. The summed E-state index contributed by atoms with van der Waals surface area (Å²) in [6.45, 7) is 1.97. The molecule has 142 valence electrons. The third-order valence-corrected chi connectivity index (χ3v) is 4.88. The first-order valence-electron chi connectivity index (χ1n) is 9.07. The number of nitrogens with one attached hydrogen (secondary N) is 1. The molecule has 5 nitrogen and oxygen atoms in total. The van der Waals surface area contributed by atoms with Crippen molar-refractivity contribution in [2.45, 2.75) is 25.8 Å². The zero-order valence-electron chi connectivity index (χ0n) is 16.3. The molecule has 5 heteroatoms. The summed E-state index contributed by atoms with van der Waals surface area (Å²) in [4.78, 5) is 12.4. The molecule has 0 bridgehead atoms. The Kier molecular flexibility index (Phi) is 5.69. The molecule has 0 spiro atoms. The highest BCUT2D eigenvalue weighted by atomic mass is 16.5. The minimum absolute atomic E-state index is 0.0328. The van der Waals surface area contributed by atoms with Gasteiger partial charge in [-0.2, -0.15) is 0 Å². The van der Waals surface area contributed by atoms with Crippen LogP contribution in [0, 0.1) is 0 Å². The predicted molar refractivity (Wildman–Crippen MR) is 107 cm³/mol. The number of hydrogen-bond donors (Lipinski definition) is 1. The molecule has 0 fully saturated rings. The van der Waals surface area contributed by atoms with Gasteiger partial charge in [-0.15, -0.1) is 0 Å². The van der Waals surface area contributed by atoms with E-state index in [9.17, 15) is 4.79 Å². The maximum atomic E-state index is 12.4. The Balaban J connectivity index is 1.59. The summed E-state index contributed by atoms with van der Waals surface area (Å²) in [5.41, 5.74) is 3.35. The van der Waals surface area contributed by atoms with E-state index in [4.69, 9.17) is 9.47 Å². The van der Waals surface area contributed by atoms with Gasteiger partial charge in [0.1, 0.15) is 0 Å². The van der Waals surface area contributed by atoms with Crippen molar-refractivity contribution in [2.24, 2.45) is 7.05 Å². The number of hydrogen-bond acceptors (Lipinski definition) is 3. The van der Waals surface area contributed by atoms with Gasteiger partial charge in [0.25, 0.3) is 0 Å². The molecule has 1 N–H and O–H groups in total. The monoisotopic (exact) mass is 366 g/mol. The standard InChI is InChI=1S/C22H26N2O3/c1-15(17-7-9-20(26-3)21(14-17)27-4)23-22(25)10-6-16-5-8-19-18(13-16)11-12-24(19)2/h5,7-9,11-15H,6,10H2,1-4H3,(H,23,25)/t15-/m0/s1. The second-order valence-corrected chi connectivity index (χ2v) is 6.72. The molecule has 3 rings (SSSR count). The van der Waals surface area contributed by atoms with E-state index in [1.165, 1.54) is 16.5 Å². The molecule has 1 aromatic heterocycles. The van der Waals surface area contributed by atoms with Crippen LogP contribution >= 0.6 is 0 Å². The second-order valence-electron chi connectivity index (χ2n) is 6.72. The van der Waals surface area contributed by atoms with E-state index in [-0.39, 0.29) is 11.9 Å². The lowest BCUT2D eigenvalue weighted by molar-refractivity contribution is -0.121. The number of aromatic nitrogens is 1. The Labute approximate surface area is 159 Å². The van der Waals surface area contributed by atoms with Gasteiger partial charge in [-0.25, -0.2) is 0 Å². The summed E-state index contributed by atoms with van der Waals surface area (Å²) < 4.78 is 12.7. The molecule has 2 aromatic carbocycles. The highest BCUT2D eigenvalue weighted by molar-refractivity contribution is 5.81. The minimum Gasteiger partial charge on any atom is -0.493 e. The maximum Gasteiger partial charge on any atom is 0.220 e. The van der Waals surface area contributed by atoms with Crippen molar-refractivity contribution in [1.29, 1.82) is 0 Å². The van der Waals surface area contributed by atoms with Crippen molar-refractivity contribution in [2.75, 3.05) is 14.2 Å². The van der Waals surface area contributed by atoms with Crippen molar-refractivity contribution in [3.05, 3.63) is 59.8 Å². The lowest BCUT2D eigenvalue weighted by Gasteiger charge is -2.16. The van der Waals surface area contributed by atoms with E-state index in [2.05, 4.69) is 34.1 Å². The predicted octanol–water partition coefficient (Wildman–Crippen LogP) is 4.01. The van der Waals surface area contributed by atoms with Gasteiger partial charge in [0.2, 0.25) is 5.91 Å². The number of ether oxygens (including phenoxy) is 2. The van der Waals surface area contributed by atoms with Crippen LogP contribution in [0.2, 0.25) is 0 Å². The Morgan fingerprint density at radius 1 is 1.07 bits per heavy atom. The van der Waals surface area contributed by atoms with Crippen molar-refractivity contribution in [3.63, 3.8) is 0 Å². The molecule has 0 radical (unpaired) electrons. The zero-order valence-corrected chi connectivity index (χ0v) is 16.3. The minimum atomic E-state index is -0.103. The molecule has 0 aliphatic heterocycles. The molecule has 0 saturated heterocycles. The second kappa shape index (κ2) is 8.16. The lowest BCUT2D eigenvalue weighted by atomic mass is 10.1. The van der Waals surface area contributed by atoms with Crippen LogP contribution in [0.3, 0.4) is 0 Å². The van der Waals surface area contributed by atoms with E-state index < -0.39 is 0 Å². The quantitative estimate of drug-likeness (QED) is 0.687. The van der Waals surface area contributed by atoms with Gasteiger partial charge in [0, 0.05) is 25.2 Å². The normalized spacial score (nSPS) is 12.0. The van der Waals surface area contributed by atoms with Crippen LogP contribution in [0.15, 0.2) is 48.7 Å². The number of nitrogens with zero attached hydrogens (tertiary/aromatic N) is 1. The van der Waals surface area contributed by atoms with Crippen LogP contribution in [0.5, 0.6) is 11.5 Å². The topological polar surface area (TPSA) is 52.5 Å². The first-order valence-corrected chi connectivity index (χ1v) is 9.07. The number of carbonyl (C=O) groups excluding carboxylic acids is 1. The fraction of sp³-hybridized carbons (Fsp3) is 0.318. The van der Waals surface area contributed by atoms with Gasteiger partial charge in [0.15, 0.2) is 11.5 Å². The highest BCUT2D eigenvalue weighted by Gasteiger charge is 2.13. The van der Waals surface area contributed by atoms with Crippen LogP contribution in [-0.4, -0.2) is 24.7 Å². The Bertz CT molecular complexity index is 946. The van der Waals surface area contributed by atoms with E-state index >= 15 is 0 Å². The van der Waals surface area contributed by atoms with Crippen LogP contribution in [-0.2, 0) is 18.3 Å². The molecule has 1 heterocycles. The molecular formula is C22H26N2O3. The summed E-state index contributed by atoms with van der Waals surface area (Å²) in [5, 5.41) is 4.26. The fourth-order valence-electron chi connectivity index (χ4n) is 3.26. The number of amides is 1. The Morgan fingerprint density at radius 3 is 2.59 bits per heavy atom. The van der Waals surface area contributed by atoms with Crippen LogP contribution in [0.25, 0.3) is 10.9 Å². The largest absolute Gasteiger partial charge is 0.493 e. The molecular weight excluding hydrogens is 340 g/mol. The average Bonchev–Trinajstić information content (AvgIpc) is 3.06. The van der Waals surface area contributed by atoms with Crippen LogP contribution in [0.4, 0.5) is 0 Å².